The summed E-state index contributed by atoms with van der Waals surface area (Å²) >= 11 is 0. The number of unbranched alkanes of at least 4 members (excludes halogenated alkanes) is 1. The van der Waals surface area contributed by atoms with Gasteiger partial charge in [0, 0.05) is 25.3 Å². The predicted octanol–water partition coefficient (Wildman–Crippen LogP) is 2.51. The van der Waals surface area contributed by atoms with Crippen LogP contribution in [-0.2, 0) is 19.0 Å². The van der Waals surface area contributed by atoms with Crippen molar-refractivity contribution in [2.24, 2.45) is 0 Å². The highest BCUT2D eigenvalue weighted by Gasteiger charge is 2.16. The maximum Gasteiger partial charge on any atom is 0.296 e. The maximum atomic E-state index is 11.8. The molecule has 118 valence electrons. The van der Waals surface area contributed by atoms with E-state index in [1.165, 1.54) is 0 Å². The summed E-state index contributed by atoms with van der Waals surface area (Å²) in [6.45, 7) is 3.35. The third kappa shape index (κ3) is 6.19. The van der Waals surface area contributed by atoms with Crippen molar-refractivity contribution in [2.75, 3.05) is 19.8 Å². The van der Waals surface area contributed by atoms with Crippen LogP contribution >= 0.6 is 0 Å². The quantitative estimate of drug-likeness (QED) is 0.285. The Morgan fingerprint density at radius 2 is 1.71 bits per heavy atom. The summed E-state index contributed by atoms with van der Waals surface area (Å²) in [5.74, 6) is 0. The van der Waals surface area contributed by atoms with E-state index in [1.807, 2.05) is 6.92 Å². The van der Waals surface area contributed by atoms with Gasteiger partial charge in [-0.1, -0.05) is 6.92 Å². The van der Waals surface area contributed by atoms with Crippen molar-refractivity contribution < 1.29 is 22.3 Å². The number of benzene rings is 1. The van der Waals surface area contributed by atoms with E-state index in [1.54, 1.807) is 0 Å². The number of hydrogen-bond donors (Lipinski definition) is 0. The minimum Gasteiger partial charge on any atom is -0.381 e. The second kappa shape index (κ2) is 8.71. The lowest BCUT2D eigenvalue weighted by Gasteiger charge is -2.06. The van der Waals surface area contributed by atoms with Gasteiger partial charge in [0.2, 0.25) is 0 Å². The van der Waals surface area contributed by atoms with Crippen LogP contribution in [0.25, 0.3) is 0 Å². The van der Waals surface area contributed by atoms with E-state index in [2.05, 4.69) is 0 Å². The molecule has 1 rings (SSSR count). The molecular weight excluding hydrogens is 298 g/mol. The summed E-state index contributed by atoms with van der Waals surface area (Å²) in [5.41, 5.74) is -0.165. The molecule has 0 radical (unpaired) electrons. The number of non-ortho nitro benzene ring substituents is 1. The molecule has 0 saturated heterocycles. The molecular formula is C13H19NO6S. The van der Waals surface area contributed by atoms with Gasteiger partial charge in [-0.05, 0) is 31.4 Å². The monoisotopic (exact) mass is 317 g/mol. The summed E-state index contributed by atoms with van der Waals surface area (Å²) in [6.07, 6.45) is 2.23. The van der Waals surface area contributed by atoms with E-state index < -0.39 is 15.0 Å². The summed E-state index contributed by atoms with van der Waals surface area (Å²) in [7, 11) is -3.86. The fraction of sp³-hybridized carbons (Fsp3) is 0.538. The minimum absolute atomic E-state index is 0.0643. The largest absolute Gasteiger partial charge is 0.381 e. The molecule has 0 heterocycles. The zero-order valence-corrected chi connectivity index (χ0v) is 12.7. The molecule has 0 aliphatic heterocycles. The van der Waals surface area contributed by atoms with Gasteiger partial charge in [-0.2, -0.15) is 8.42 Å². The number of nitrogens with zero attached hydrogens (tertiary/aromatic N) is 1. The standard InChI is InChI=1S/C13H19NO6S/c1-2-9-19-10-3-4-11-20-21(17,18)13-7-5-12(6-8-13)14(15)16/h5-8H,2-4,9-11H2,1H3. The molecule has 0 aliphatic carbocycles. The van der Waals surface area contributed by atoms with Gasteiger partial charge in [0.1, 0.15) is 0 Å². The number of hydrogen-bond acceptors (Lipinski definition) is 6. The molecule has 0 fully saturated rings. The number of nitro benzene ring substituents is 1. The molecule has 0 bridgehead atoms. The number of rotatable bonds is 10. The third-order valence-electron chi connectivity index (χ3n) is 2.61. The van der Waals surface area contributed by atoms with Crippen molar-refractivity contribution in [2.45, 2.75) is 31.1 Å². The van der Waals surface area contributed by atoms with Gasteiger partial charge in [0.15, 0.2) is 0 Å². The first kappa shape index (κ1) is 17.5. The van der Waals surface area contributed by atoms with E-state index in [0.717, 1.165) is 37.1 Å². The van der Waals surface area contributed by atoms with E-state index in [4.69, 9.17) is 8.92 Å². The van der Waals surface area contributed by atoms with E-state index >= 15 is 0 Å². The molecule has 0 spiro atoms. The first-order chi connectivity index (χ1) is 9.97. The lowest BCUT2D eigenvalue weighted by molar-refractivity contribution is -0.384. The van der Waals surface area contributed by atoms with Crippen LogP contribution in [0.1, 0.15) is 26.2 Å². The zero-order valence-electron chi connectivity index (χ0n) is 11.9. The second-order valence-electron chi connectivity index (χ2n) is 4.35. The Labute approximate surface area is 124 Å². The Hall–Kier alpha value is -1.51. The van der Waals surface area contributed by atoms with Gasteiger partial charge in [-0.15, -0.1) is 0 Å². The zero-order chi connectivity index (χ0) is 15.7. The average molecular weight is 317 g/mol. The minimum atomic E-state index is -3.86. The summed E-state index contributed by atoms with van der Waals surface area (Å²) in [4.78, 5) is 9.82. The van der Waals surface area contributed by atoms with E-state index in [0.29, 0.717) is 19.6 Å². The predicted molar refractivity (Wildman–Crippen MR) is 76.6 cm³/mol. The van der Waals surface area contributed by atoms with Gasteiger partial charge >= 0.3 is 0 Å². The summed E-state index contributed by atoms with van der Waals surface area (Å²) < 4.78 is 33.8. The van der Waals surface area contributed by atoms with Gasteiger partial charge in [-0.25, -0.2) is 0 Å². The molecule has 0 aromatic heterocycles. The van der Waals surface area contributed by atoms with E-state index in [9.17, 15) is 18.5 Å². The molecule has 0 atom stereocenters. The molecule has 0 saturated carbocycles. The third-order valence-corrected chi connectivity index (χ3v) is 3.93. The van der Waals surface area contributed by atoms with Gasteiger partial charge in [-0.3, -0.25) is 14.3 Å². The van der Waals surface area contributed by atoms with Crippen LogP contribution in [0, 0.1) is 10.1 Å². The smallest absolute Gasteiger partial charge is 0.296 e. The Morgan fingerprint density at radius 1 is 1.10 bits per heavy atom. The molecule has 7 nitrogen and oxygen atoms in total. The highest BCUT2D eigenvalue weighted by atomic mass is 32.2. The Balaban J connectivity index is 2.41. The SMILES string of the molecule is CCCOCCCCOS(=O)(=O)c1ccc([N+](=O)[O-])cc1. The molecule has 8 heteroatoms. The number of nitro groups is 1. The average Bonchev–Trinajstić information content (AvgIpc) is 2.46. The van der Waals surface area contributed by atoms with Crippen molar-refractivity contribution in [3.63, 3.8) is 0 Å². The van der Waals surface area contributed by atoms with Crippen molar-refractivity contribution in [1.82, 2.24) is 0 Å². The Bertz CT molecular complexity index is 540. The van der Waals surface area contributed by atoms with Crippen LogP contribution < -0.4 is 0 Å². The van der Waals surface area contributed by atoms with Crippen molar-refractivity contribution in [3.05, 3.63) is 34.4 Å². The van der Waals surface area contributed by atoms with Crippen LogP contribution in [0.2, 0.25) is 0 Å². The molecule has 0 unspecified atom stereocenters. The van der Waals surface area contributed by atoms with Crippen LogP contribution in [0.5, 0.6) is 0 Å². The molecule has 0 amide bonds. The first-order valence-corrected chi connectivity index (χ1v) is 8.10. The van der Waals surface area contributed by atoms with Gasteiger partial charge in [0.05, 0.1) is 16.4 Å². The van der Waals surface area contributed by atoms with Crippen molar-refractivity contribution in [1.29, 1.82) is 0 Å². The highest BCUT2D eigenvalue weighted by Crippen LogP contribution is 2.17. The molecule has 1 aromatic carbocycles. The summed E-state index contributed by atoms with van der Waals surface area (Å²) in [5, 5.41) is 10.5. The second-order valence-corrected chi connectivity index (χ2v) is 5.96. The van der Waals surface area contributed by atoms with Crippen LogP contribution in [-0.4, -0.2) is 33.2 Å². The number of ether oxygens (including phenoxy) is 1. The lowest BCUT2D eigenvalue weighted by Crippen LogP contribution is -2.08. The molecule has 0 aliphatic rings. The van der Waals surface area contributed by atoms with Gasteiger partial charge in [0.25, 0.3) is 15.8 Å². The fourth-order valence-corrected chi connectivity index (χ4v) is 2.47. The van der Waals surface area contributed by atoms with Crippen molar-refractivity contribution >= 4 is 15.8 Å². The Morgan fingerprint density at radius 3 is 2.29 bits per heavy atom. The van der Waals surface area contributed by atoms with Crippen molar-refractivity contribution in [3.8, 4) is 0 Å². The maximum absolute atomic E-state index is 11.8. The van der Waals surface area contributed by atoms with Crippen LogP contribution in [0.4, 0.5) is 5.69 Å². The van der Waals surface area contributed by atoms with E-state index in [-0.39, 0.29) is 17.2 Å². The molecule has 0 N–H and O–H groups in total. The molecule has 1 aromatic rings. The lowest BCUT2D eigenvalue weighted by atomic mass is 10.3. The molecule has 21 heavy (non-hydrogen) atoms. The topological polar surface area (TPSA) is 95.7 Å². The van der Waals surface area contributed by atoms with Crippen LogP contribution in [0.3, 0.4) is 0 Å². The van der Waals surface area contributed by atoms with Crippen LogP contribution in [0.15, 0.2) is 29.2 Å². The van der Waals surface area contributed by atoms with Gasteiger partial charge < -0.3 is 4.74 Å². The Kier molecular flexibility index (Phi) is 7.27. The first-order valence-electron chi connectivity index (χ1n) is 6.69. The summed E-state index contributed by atoms with van der Waals surface area (Å²) in [6, 6.07) is 4.60. The fourth-order valence-electron chi connectivity index (χ4n) is 1.52. The normalized spacial score (nSPS) is 11.5. The highest BCUT2D eigenvalue weighted by molar-refractivity contribution is 7.86.